The molecule has 8 heteroatoms. The SMILES string of the molecule is CC(=O)[C@@H](OC(C)(C)C)c1c(C)cc2nc(-c3ccnc(-n4ccc5ccccc5c4=O)c3)sc2c1-c1ccc(Cl)cc1. The first-order valence-corrected chi connectivity index (χ1v) is 15.1. The molecule has 0 fully saturated rings. The highest BCUT2D eigenvalue weighted by Gasteiger charge is 2.30. The molecule has 0 aliphatic heterocycles. The van der Waals surface area contributed by atoms with Gasteiger partial charge < -0.3 is 4.74 Å². The van der Waals surface area contributed by atoms with Crippen LogP contribution in [0.3, 0.4) is 0 Å². The highest BCUT2D eigenvalue weighted by molar-refractivity contribution is 7.22. The lowest BCUT2D eigenvalue weighted by Crippen LogP contribution is -2.27. The Hall–Kier alpha value is -4.17. The molecule has 216 valence electrons. The summed E-state index contributed by atoms with van der Waals surface area (Å²) >= 11 is 7.79. The number of halogens is 1. The maximum atomic E-state index is 13.3. The number of hydrogen-bond donors (Lipinski definition) is 0. The van der Waals surface area contributed by atoms with Crippen LogP contribution in [0.5, 0.6) is 0 Å². The lowest BCUT2D eigenvalue weighted by Gasteiger charge is -2.29. The van der Waals surface area contributed by atoms with Crippen molar-refractivity contribution in [3.05, 3.63) is 112 Å². The fourth-order valence-electron chi connectivity index (χ4n) is 5.33. The van der Waals surface area contributed by atoms with Crippen molar-refractivity contribution in [3.8, 4) is 27.5 Å². The zero-order chi connectivity index (χ0) is 30.5. The highest BCUT2D eigenvalue weighted by Crippen LogP contribution is 2.44. The quantitative estimate of drug-likeness (QED) is 0.189. The van der Waals surface area contributed by atoms with Gasteiger partial charge >= 0.3 is 0 Å². The summed E-state index contributed by atoms with van der Waals surface area (Å²) in [6, 6.07) is 22.8. The van der Waals surface area contributed by atoms with Gasteiger partial charge in [0.2, 0.25) is 0 Å². The van der Waals surface area contributed by atoms with Gasteiger partial charge in [-0.2, -0.15) is 0 Å². The van der Waals surface area contributed by atoms with Gasteiger partial charge in [0, 0.05) is 39.5 Å². The number of aryl methyl sites for hydroxylation is 1. The van der Waals surface area contributed by atoms with E-state index in [2.05, 4.69) is 4.98 Å². The van der Waals surface area contributed by atoms with E-state index in [0.717, 1.165) is 48.4 Å². The summed E-state index contributed by atoms with van der Waals surface area (Å²) in [5.41, 5.74) is 4.54. The van der Waals surface area contributed by atoms with Crippen LogP contribution in [-0.2, 0) is 9.53 Å². The fourth-order valence-corrected chi connectivity index (χ4v) is 6.57. The maximum Gasteiger partial charge on any atom is 0.264 e. The average Bonchev–Trinajstić information content (AvgIpc) is 3.39. The van der Waals surface area contributed by atoms with Gasteiger partial charge in [0.25, 0.3) is 5.56 Å². The van der Waals surface area contributed by atoms with Gasteiger partial charge in [0.05, 0.1) is 15.8 Å². The number of rotatable bonds is 6. The maximum absolute atomic E-state index is 13.3. The number of ether oxygens (including phenoxy) is 1. The topological polar surface area (TPSA) is 74.1 Å². The lowest BCUT2D eigenvalue weighted by atomic mass is 9.90. The monoisotopic (exact) mass is 607 g/mol. The van der Waals surface area contributed by atoms with E-state index in [1.54, 1.807) is 23.9 Å². The van der Waals surface area contributed by atoms with Crippen molar-refractivity contribution in [3.63, 3.8) is 0 Å². The number of carbonyl (C=O) groups is 1. The molecule has 0 amide bonds. The zero-order valence-electron chi connectivity index (χ0n) is 24.5. The van der Waals surface area contributed by atoms with Crippen molar-refractivity contribution in [2.75, 3.05) is 0 Å². The largest absolute Gasteiger partial charge is 0.360 e. The number of benzene rings is 3. The van der Waals surface area contributed by atoms with E-state index in [9.17, 15) is 9.59 Å². The molecule has 0 spiro atoms. The summed E-state index contributed by atoms with van der Waals surface area (Å²) in [6.45, 7) is 9.41. The molecule has 0 aliphatic rings. The van der Waals surface area contributed by atoms with Crippen molar-refractivity contribution in [1.82, 2.24) is 14.5 Å². The molecule has 3 aromatic carbocycles. The van der Waals surface area contributed by atoms with Gasteiger partial charge in [0.15, 0.2) is 5.78 Å². The number of nitrogens with zero attached hydrogens (tertiary/aromatic N) is 3. The van der Waals surface area contributed by atoms with Crippen LogP contribution in [0, 0.1) is 6.92 Å². The third-order valence-corrected chi connectivity index (χ3v) is 8.61. The smallest absolute Gasteiger partial charge is 0.264 e. The van der Waals surface area contributed by atoms with Crippen LogP contribution < -0.4 is 5.56 Å². The standard InChI is InChI=1S/C35H30ClN3O3S/c1-20-18-27-32(30(23-10-12-25(36)13-11-23)29(20)31(21(2)40)42-35(3,4)5)43-33(38-27)24-14-16-37-28(19-24)39-17-15-22-8-6-7-9-26(22)34(39)41/h6-19,31H,1-5H3/t31-/m1/s1. The lowest BCUT2D eigenvalue weighted by molar-refractivity contribution is -0.138. The predicted octanol–water partition coefficient (Wildman–Crippen LogP) is 8.74. The van der Waals surface area contributed by atoms with E-state index in [1.165, 1.54) is 11.3 Å². The normalized spacial score (nSPS) is 12.6. The molecule has 0 saturated heterocycles. The summed E-state index contributed by atoms with van der Waals surface area (Å²) < 4.78 is 8.86. The zero-order valence-corrected chi connectivity index (χ0v) is 26.1. The van der Waals surface area contributed by atoms with E-state index in [-0.39, 0.29) is 11.3 Å². The molecule has 0 bridgehead atoms. The van der Waals surface area contributed by atoms with Crippen LogP contribution in [-0.4, -0.2) is 25.9 Å². The second-order valence-electron chi connectivity index (χ2n) is 11.6. The Kier molecular flexibility index (Phi) is 7.50. The minimum atomic E-state index is -0.757. The van der Waals surface area contributed by atoms with Crippen molar-refractivity contribution in [2.45, 2.75) is 46.3 Å². The molecule has 0 aliphatic carbocycles. The van der Waals surface area contributed by atoms with Crippen molar-refractivity contribution in [1.29, 1.82) is 0 Å². The Labute approximate surface area is 258 Å². The number of Topliss-reactive ketones (excluding diaryl/α,β-unsaturated/α-hetero) is 1. The van der Waals surface area contributed by atoms with E-state index in [0.29, 0.717) is 16.2 Å². The molecular weight excluding hydrogens is 578 g/mol. The molecule has 0 N–H and O–H groups in total. The number of ketones is 1. The van der Waals surface area contributed by atoms with E-state index >= 15 is 0 Å². The molecule has 6 rings (SSSR count). The average molecular weight is 608 g/mol. The second kappa shape index (κ2) is 11.2. The van der Waals surface area contributed by atoms with E-state index in [1.807, 2.05) is 100 Å². The van der Waals surface area contributed by atoms with Gasteiger partial charge in [-0.1, -0.05) is 41.9 Å². The third-order valence-electron chi connectivity index (χ3n) is 7.22. The van der Waals surface area contributed by atoms with Crippen LogP contribution in [0.15, 0.2) is 90.0 Å². The van der Waals surface area contributed by atoms with Crippen LogP contribution in [0.1, 0.15) is 44.9 Å². The molecular formula is C35H30ClN3O3S. The molecule has 0 saturated carbocycles. The minimum Gasteiger partial charge on any atom is -0.360 e. The first-order valence-electron chi connectivity index (χ1n) is 14.0. The molecule has 3 aromatic heterocycles. The number of aromatic nitrogens is 3. The van der Waals surface area contributed by atoms with Gasteiger partial charge in [-0.25, -0.2) is 9.97 Å². The van der Waals surface area contributed by atoms with Crippen LogP contribution in [0.4, 0.5) is 0 Å². The Morgan fingerprint density at radius 2 is 1.74 bits per heavy atom. The Balaban J connectivity index is 1.55. The van der Waals surface area contributed by atoms with Crippen LogP contribution in [0.25, 0.3) is 48.5 Å². The van der Waals surface area contributed by atoms with Crippen LogP contribution >= 0.6 is 22.9 Å². The van der Waals surface area contributed by atoms with Gasteiger partial charge in [-0.05, 0) is 93.6 Å². The summed E-state index contributed by atoms with van der Waals surface area (Å²) in [4.78, 5) is 35.9. The van der Waals surface area contributed by atoms with Gasteiger partial charge in [0.1, 0.15) is 16.9 Å². The van der Waals surface area contributed by atoms with Crippen molar-refractivity contribution in [2.24, 2.45) is 0 Å². The molecule has 0 radical (unpaired) electrons. The van der Waals surface area contributed by atoms with Crippen molar-refractivity contribution < 1.29 is 9.53 Å². The number of thiazole rings is 1. The van der Waals surface area contributed by atoms with E-state index < -0.39 is 11.7 Å². The fraction of sp³-hybridized carbons (Fsp3) is 0.200. The highest BCUT2D eigenvalue weighted by atomic mass is 35.5. The Morgan fingerprint density at radius 1 is 1.00 bits per heavy atom. The molecule has 43 heavy (non-hydrogen) atoms. The molecule has 6 aromatic rings. The number of fused-ring (bicyclic) bond motifs is 2. The van der Waals surface area contributed by atoms with Crippen LogP contribution in [0.2, 0.25) is 5.02 Å². The third kappa shape index (κ3) is 5.64. The number of carbonyl (C=O) groups excluding carboxylic acids is 1. The Morgan fingerprint density at radius 3 is 2.47 bits per heavy atom. The molecule has 6 nitrogen and oxygen atoms in total. The van der Waals surface area contributed by atoms with Gasteiger partial charge in [-0.15, -0.1) is 11.3 Å². The molecule has 0 unspecified atom stereocenters. The number of pyridine rings is 2. The summed E-state index contributed by atoms with van der Waals surface area (Å²) in [7, 11) is 0. The van der Waals surface area contributed by atoms with E-state index in [4.69, 9.17) is 21.3 Å². The second-order valence-corrected chi connectivity index (χ2v) is 13.0. The summed E-state index contributed by atoms with van der Waals surface area (Å²) in [5.74, 6) is 0.439. The molecule has 3 heterocycles. The first kappa shape index (κ1) is 28.9. The predicted molar refractivity (Wildman–Crippen MR) is 175 cm³/mol. The molecule has 1 atom stereocenters. The number of hydrogen-bond acceptors (Lipinski definition) is 6. The van der Waals surface area contributed by atoms with Crippen molar-refractivity contribution >= 4 is 49.7 Å². The first-order chi connectivity index (χ1) is 20.5. The minimum absolute atomic E-state index is 0.0723. The Bertz CT molecular complexity index is 2070. The summed E-state index contributed by atoms with van der Waals surface area (Å²) in [6.07, 6.45) is 2.69. The summed E-state index contributed by atoms with van der Waals surface area (Å²) in [5, 5.41) is 2.91. The van der Waals surface area contributed by atoms with Gasteiger partial charge in [-0.3, -0.25) is 14.2 Å².